The van der Waals surface area contributed by atoms with Crippen molar-refractivity contribution >= 4 is 17.6 Å². The molecule has 0 atom stereocenters. The lowest BCUT2D eigenvalue weighted by atomic mass is 10.4. The van der Waals surface area contributed by atoms with Crippen molar-refractivity contribution in [1.82, 2.24) is 15.0 Å². The summed E-state index contributed by atoms with van der Waals surface area (Å²) < 4.78 is 0. The van der Waals surface area contributed by atoms with Crippen LogP contribution in [0.2, 0.25) is 0 Å². The molecule has 2 aromatic heterocycles. The third-order valence-electron chi connectivity index (χ3n) is 2.04. The van der Waals surface area contributed by atoms with E-state index >= 15 is 0 Å². The van der Waals surface area contributed by atoms with Crippen molar-refractivity contribution in [3.05, 3.63) is 36.8 Å². The number of hydrogen-bond donors (Lipinski definition) is 1. The molecule has 88 valence electrons. The summed E-state index contributed by atoms with van der Waals surface area (Å²) in [5.41, 5.74) is 0. The second-order valence-electron chi connectivity index (χ2n) is 3.44. The maximum absolute atomic E-state index is 4.25. The molecular formula is C12H14N4S. The average molecular weight is 246 g/mol. The fraction of sp³-hybridized carbons (Fsp3) is 0.250. The number of hydrogen-bond acceptors (Lipinski definition) is 5. The van der Waals surface area contributed by atoms with E-state index in [2.05, 4.69) is 27.2 Å². The molecule has 17 heavy (non-hydrogen) atoms. The lowest BCUT2D eigenvalue weighted by Gasteiger charge is -2.05. The van der Waals surface area contributed by atoms with Gasteiger partial charge in [-0.1, -0.05) is 6.92 Å². The molecular weight excluding hydrogens is 232 g/mol. The minimum absolute atomic E-state index is 0.750. The van der Waals surface area contributed by atoms with E-state index in [9.17, 15) is 0 Å². The summed E-state index contributed by atoms with van der Waals surface area (Å²) in [6.07, 6.45) is 6.36. The predicted molar refractivity (Wildman–Crippen MR) is 69.2 cm³/mol. The van der Waals surface area contributed by atoms with Crippen LogP contribution >= 0.6 is 11.8 Å². The predicted octanol–water partition coefficient (Wildman–Crippen LogP) is 2.84. The molecule has 4 nitrogen and oxygen atoms in total. The summed E-state index contributed by atoms with van der Waals surface area (Å²) in [5.74, 6) is 0.896. The van der Waals surface area contributed by atoms with Crippen molar-refractivity contribution in [2.75, 3.05) is 11.9 Å². The fourth-order valence-electron chi connectivity index (χ4n) is 1.27. The van der Waals surface area contributed by atoms with Gasteiger partial charge in [0.1, 0.15) is 5.82 Å². The van der Waals surface area contributed by atoms with Crippen LogP contribution < -0.4 is 5.32 Å². The second-order valence-corrected chi connectivity index (χ2v) is 4.48. The van der Waals surface area contributed by atoms with E-state index in [1.54, 1.807) is 18.6 Å². The molecule has 0 bridgehead atoms. The van der Waals surface area contributed by atoms with E-state index in [0.717, 1.165) is 28.8 Å². The number of nitrogens with one attached hydrogen (secondary N) is 1. The summed E-state index contributed by atoms with van der Waals surface area (Å²) in [5, 5.41) is 4.01. The molecule has 0 radical (unpaired) electrons. The Morgan fingerprint density at radius 3 is 2.76 bits per heavy atom. The summed E-state index contributed by atoms with van der Waals surface area (Å²) in [6, 6.07) is 5.78. The third-order valence-corrected chi connectivity index (χ3v) is 2.92. The van der Waals surface area contributed by atoms with Crippen LogP contribution in [0.4, 0.5) is 5.82 Å². The molecule has 0 aliphatic heterocycles. The second kappa shape index (κ2) is 6.20. The van der Waals surface area contributed by atoms with Crippen LogP contribution in [0.3, 0.4) is 0 Å². The summed E-state index contributed by atoms with van der Waals surface area (Å²) in [7, 11) is 0. The Balaban J connectivity index is 2.06. The van der Waals surface area contributed by atoms with Gasteiger partial charge in [-0.3, -0.25) is 0 Å². The molecule has 2 rings (SSSR count). The number of anilines is 1. The highest BCUT2D eigenvalue weighted by Gasteiger charge is 2.01. The van der Waals surface area contributed by atoms with E-state index < -0.39 is 0 Å². The smallest absolute Gasteiger partial charge is 0.192 e. The van der Waals surface area contributed by atoms with Gasteiger partial charge < -0.3 is 5.32 Å². The van der Waals surface area contributed by atoms with Gasteiger partial charge in [0.15, 0.2) is 5.16 Å². The molecule has 0 unspecified atom stereocenters. The monoisotopic (exact) mass is 246 g/mol. The van der Waals surface area contributed by atoms with Gasteiger partial charge in [-0.05, 0) is 36.4 Å². The average Bonchev–Trinajstić information content (AvgIpc) is 2.38. The minimum Gasteiger partial charge on any atom is -0.370 e. The molecule has 5 heteroatoms. The Morgan fingerprint density at radius 1 is 1.18 bits per heavy atom. The zero-order valence-corrected chi connectivity index (χ0v) is 10.4. The highest BCUT2D eigenvalue weighted by Crippen LogP contribution is 2.24. The zero-order valence-electron chi connectivity index (χ0n) is 9.63. The lowest BCUT2D eigenvalue weighted by molar-refractivity contribution is 0.961. The van der Waals surface area contributed by atoms with Crippen LogP contribution in [0.5, 0.6) is 0 Å². The van der Waals surface area contributed by atoms with Gasteiger partial charge in [0.05, 0.1) is 0 Å². The van der Waals surface area contributed by atoms with Crippen molar-refractivity contribution in [2.24, 2.45) is 0 Å². The number of nitrogens with zero attached hydrogens (tertiary/aromatic N) is 3. The van der Waals surface area contributed by atoms with E-state index in [-0.39, 0.29) is 0 Å². The van der Waals surface area contributed by atoms with Gasteiger partial charge >= 0.3 is 0 Å². The van der Waals surface area contributed by atoms with E-state index in [1.807, 2.05) is 18.2 Å². The van der Waals surface area contributed by atoms with Gasteiger partial charge in [0.2, 0.25) is 0 Å². The quantitative estimate of drug-likeness (QED) is 0.822. The van der Waals surface area contributed by atoms with Crippen molar-refractivity contribution in [2.45, 2.75) is 23.4 Å². The highest BCUT2D eigenvalue weighted by molar-refractivity contribution is 7.99. The fourth-order valence-corrected chi connectivity index (χ4v) is 2.01. The van der Waals surface area contributed by atoms with Crippen molar-refractivity contribution in [3.8, 4) is 0 Å². The first-order valence-corrected chi connectivity index (χ1v) is 6.35. The lowest BCUT2D eigenvalue weighted by Crippen LogP contribution is -2.01. The molecule has 2 aromatic rings. The van der Waals surface area contributed by atoms with Crippen LogP contribution in [-0.4, -0.2) is 21.5 Å². The van der Waals surface area contributed by atoms with Crippen molar-refractivity contribution < 1.29 is 0 Å². The molecule has 0 spiro atoms. The molecule has 0 aromatic carbocycles. The van der Waals surface area contributed by atoms with Crippen molar-refractivity contribution in [3.63, 3.8) is 0 Å². The van der Waals surface area contributed by atoms with Crippen LogP contribution in [0.25, 0.3) is 0 Å². The minimum atomic E-state index is 0.750. The number of rotatable bonds is 5. The summed E-state index contributed by atoms with van der Waals surface area (Å²) in [6.45, 7) is 3.06. The van der Waals surface area contributed by atoms with E-state index in [4.69, 9.17) is 0 Å². The van der Waals surface area contributed by atoms with Gasteiger partial charge in [-0.25, -0.2) is 15.0 Å². The normalized spacial score (nSPS) is 10.2. The van der Waals surface area contributed by atoms with Crippen LogP contribution in [0.1, 0.15) is 13.3 Å². The largest absolute Gasteiger partial charge is 0.370 e. The molecule has 0 fully saturated rings. The molecule has 2 heterocycles. The number of aromatic nitrogens is 3. The van der Waals surface area contributed by atoms with Gasteiger partial charge in [0.25, 0.3) is 0 Å². The van der Waals surface area contributed by atoms with E-state index in [0.29, 0.717) is 0 Å². The Hall–Kier alpha value is -1.62. The summed E-state index contributed by atoms with van der Waals surface area (Å²) >= 11 is 1.53. The zero-order chi connectivity index (χ0) is 11.9. The molecule has 0 saturated carbocycles. The first-order chi connectivity index (χ1) is 8.38. The summed E-state index contributed by atoms with van der Waals surface area (Å²) in [4.78, 5) is 13.7. The Labute approximate surface area is 105 Å². The molecule has 0 aliphatic carbocycles. The first kappa shape index (κ1) is 11.9. The van der Waals surface area contributed by atoms with Crippen LogP contribution in [-0.2, 0) is 0 Å². The number of pyridine rings is 1. The Morgan fingerprint density at radius 2 is 2.00 bits per heavy atom. The van der Waals surface area contributed by atoms with Crippen molar-refractivity contribution in [1.29, 1.82) is 0 Å². The molecule has 0 saturated heterocycles. The van der Waals surface area contributed by atoms with Crippen LogP contribution in [0.15, 0.2) is 46.8 Å². The standard InChI is InChI=1S/C12H14N4S/c1-2-5-13-11-9-10(4-8-14-11)17-12-15-6-3-7-16-12/h3-4,6-9H,2,5H2,1H3,(H,13,14). The van der Waals surface area contributed by atoms with E-state index in [1.165, 1.54) is 11.8 Å². The first-order valence-electron chi connectivity index (χ1n) is 5.53. The SMILES string of the molecule is CCCNc1cc(Sc2ncccn2)ccn1. The van der Waals surface area contributed by atoms with Gasteiger partial charge in [0, 0.05) is 30.0 Å². The molecule has 0 amide bonds. The van der Waals surface area contributed by atoms with Gasteiger partial charge in [-0.15, -0.1) is 0 Å². The Kier molecular flexibility index (Phi) is 4.32. The highest BCUT2D eigenvalue weighted by atomic mass is 32.2. The van der Waals surface area contributed by atoms with Crippen LogP contribution in [0, 0.1) is 0 Å². The van der Waals surface area contributed by atoms with Gasteiger partial charge in [-0.2, -0.15) is 0 Å². The maximum atomic E-state index is 4.25. The topological polar surface area (TPSA) is 50.7 Å². The maximum Gasteiger partial charge on any atom is 0.192 e. The third kappa shape index (κ3) is 3.71. The molecule has 0 aliphatic rings. The Bertz CT molecular complexity index is 461. The molecule has 1 N–H and O–H groups in total.